The normalized spacial score (nSPS) is 17.5. The van der Waals surface area contributed by atoms with E-state index < -0.39 is 0 Å². The number of hydrogen-bond donors (Lipinski definition) is 5. The van der Waals surface area contributed by atoms with Crippen LogP contribution in [0, 0.1) is 11.3 Å². The first kappa shape index (κ1) is 29.7. The van der Waals surface area contributed by atoms with Crippen molar-refractivity contribution in [2.75, 3.05) is 18.1 Å². The fourth-order valence-corrected chi connectivity index (χ4v) is 4.53. The minimum Gasteiger partial charge on any atom is -0.457 e. The third-order valence-electron chi connectivity index (χ3n) is 6.64. The standard InChI is InChI=1S/C24H28N6O.C6H13NO/c1-27-17-9-11-18(12-10-17)30-24-21(23(26)28-15-29-24)22(25)16-7-13-20(14-8-16)31-19-5-3-2-4-6-19;1-5(2)3-6(7)4-8/h2-8,13-15,17-18,25,27H,9-12H2,1H3,(H3,26,28,29,30);4-6H,3,7H2,1-2H3. The molecule has 1 fully saturated rings. The molecule has 0 radical (unpaired) electrons. The molecule has 1 aliphatic rings. The predicted octanol–water partition coefficient (Wildman–Crippen LogP) is 4.77. The topological polar surface area (TPSA) is 152 Å². The lowest BCUT2D eigenvalue weighted by atomic mass is 9.91. The smallest absolute Gasteiger partial charge is 0.141 e. The second-order valence-electron chi connectivity index (χ2n) is 10.2. The quantitative estimate of drug-likeness (QED) is 0.185. The molecule has 1 atom stereocenters. The molecule has 0 spiro atoms. The Morgan fingerprint density at radius 3 is 2.21 bits per heavy atom. The van der Waals surface area contributed by atoms with Gasteiger partial charge in [0.05, 0.1) is 17.3 Å². The maximum atomic E-state index is 9.92. The van der Waals surface area contributed by atoms with E-state index in [1.54, 1.807) is 0 Å². The molecule has 39 heavy (non-hydrogen) atoms. The van der Waals surface area contributed by atoms with Crippen LogP contribution < -0.4 is 26.8 Å². The van der Waals surface area contributed by atoms with E-state index in [-0.39, 0.29) is 11.8 Å². The van der Waals surface area contributed by atoms with Gasteiger partial charge in [0.2, 0.25) is 0 Å². The minimum absolute atomic E-state index is 0.255. The average molecular weight is 532 g/mol. The molecule has 0 saturated heterocycles. The van der Waals surface area contributed by atoms with E-state index in [4.69, 9.17) is 21.6 Å². The van der Waals surface area contributed by atoms with Crippen LogP contribution in [0.1, 0.15) is 57.1 Å². The SMILES string of the molecule is CC(C)CC(N)C=O.CNC1CCC(Nc2ncnc(N)c2C(=N)c2ccc(Oc3ccccc3)cc2)CC1. The van der Waals surface area contributed by atoms with Gasteiger partial charge in [-0.3, -0.25) is 5.41 Å². The van der Waals surface area contributed by atoms with Crippen molar-refractivity contribution >= 4 is 23.6 Å². The third-order valence-corrected chi connectivity index (χ3v) is 6.64. The van der Waals surface area contributed by atoms with Gasteiger partial charge in [0.25, 0.3) is 0 Å². The Kier molecular flexibility index (Phi) is 11.4. The number of hydrogen-bond acceptors (Lipinski definition) is 9. The van der Waals surface area contributed by atoms with E-state index in [2.05, 4.69) is 20.6 Å². The summed E-state index contributed by atoms with van der Waals surface area (Å²) < 4.78 is 5.85. The van der Waals surface area contributed by atoms with Crippen molar-refractivity contribution in [3.8, 4) is 11.5 Å². The van der Waals surface area contributed by atoms with Gasteiger partial charge in [0.1, 0.15) is 35.7 Å². The summed E-state index contributed by atoms with van der Waals surface area (Å²) in [6.45, 7) is 4.09. The van der Waals surface area contributed by atoms with Gasteiger partial charge >= 0.3 is 0 Å². The second-order valence-corrected chi connectivity index (χ2v) is 10.2. The van der Waals surface area contributed by atoms with Gasteiger partial charge in [0.15, 0.2) is 0 Å². The first-order chi connectivity index (χ1) is 18.8. The highest BCUT2D eigenvalue weighted by Crippen LogP contribution is 2.28. The molecule has 1 aromatic heterocycles. The molecular formula is C30H41N7O2. The molecule has 0 amide bonds. The van der Waals surface area contributed by atoms with Crippen molar-refractivity contribution < 1.29 is 9.53 Å². The Morgan fingerprint density at radius 2 is 1.64 bits per heavy atom. The van der Waals surface area contributed by atoms with E-state index in [1.165, 1.54) is 6.33 Å². The molecule has 9 nitrogen and oxygen atoms in total. The van der Waals surface area contributed by atoms with Gasteiger partial charge in [-0.15, -0.1) is 0 Å². The Bertz CT molecular complexity index is 1180. The summed E-state index contributed by atoms with van der Waals surface area (Å²) >= 11 is 0. The van der Waals surface area contributed by atoms with E-state index in [1.807, 2.05) is 75.5 Å². The number of nitrogens with zero attached hydrogens (tertiary/aromatic N) is 2. The van der Waals surface area contributed by atoms with E-state index in [0.717, 1.165) is 49.7 Å². The number of anilines is 2. The van der Waals surface area contributed by atoms with Crippen LogP contribution in [0.25, 0.3) is 0 Å². The summed E-state index contributed by atoms with van der Waals surface area (Å²) in [6, 6.07) is 17.6. The third kappa shape index (κ3) is 9.15. The molecule has 1 aliphatic carbocycles. The highest BCUT2D eigenvalue weighted by Gasteiger charge is 2.23. The van der Waals surface area contributed by atoms with Gasteiger partial charge in [-0.05, 0) is 81.5 Å². The molecule has 3 aromatic rings. The first-order valence-electron chi connectivity index (χ1n) is 13.5. The second kappa shape index (κ2) is 14.9. The number of aldehydes is 1. The number of ether oxygens (including phenoxy) is 1. The Labute approximate surface area is 231 Å². The van der Waals surface area contributed by atoms with Crippen molar-refractivity contribution in [2.45, 2.75) is 64.1 Å². The number of rotatable bonds is 10. The molecule has 9 heteroatoms. The fourth-order valence-electron chi connectivity index (χ4n) is 4.53. The highest BCUT2D eigenvalue weighted by molar-refractivity contribution is 6.16. The maximum Gasteiger partial charge on any atom is 0.141 e. The molecule has 208 valence electrons. The average Bonchev–Trinajstić information content (AvgIpc) is 2.94. The first-order valence-corrected chi connectivity index (χ1v) is 13.5. The highest BCUT2D eigenvalue weighted by atomic mass is 16.5. The number of benzene rings is 2. The largest absolute Gasteiger partial charge is 0.457 e. The van der Waals surface area contributed by atoms with Crippen molar-refractivity contribution in [1.29, 1.82) is 5.41 Å². The number of carbonyl (C=O) groups excluding carboxylic acids is 1. The van der Waals surface area contributed by atoms with Crippen LogP contribution in [0.5, 0.6) is 11.5 Å². The molecule has 4 rings (SSSR count). The van der Waals surface area contributed by atoms with E-state index >= 15 is 0 Å². The van der Waals surface area contributed by atoms with Crippen LogP contribution in [0.3, 0.4) is 0 Å². The fraction of sp³-hybridized carbons (Fsp3) is 0.400. The van der Waals surface area contributed by atoms with Gasteiger partial charge in [-0.2, -0.15) is 0 Å². The van der Waals surface area contributed by atoms with Crippen LogP contribution in [-0.4, -0.2) is 47.1 Å². The number of para-hydroxylation sites is 1. The Morgan fingerprint density at radius 1 is 1.03 bits per heavy atom. The van der Waals surface area contributed by atoms with Crippen LogP contribution in [0.4, 0.5) is 11.6 Å². The molecule has 1 unspecified atom stereocenters. The monoisotopic (exact) mass is 531 g/mol. The molecule has 0 bridgehead atoms. The number of carbonyl (C=O) groups is 1. The zero-order valence-corrected chi connectivity index (χ0v) is 23.1. The summed E-state index contributed by atoms with van der Waals surface area (Å²) in [7, 11) is 2.01. The van der Waals surface area contributed by atoms with Crippen molar-refractivity contribution in [2.24, 2.45) is 11.7 Å². The van der Waals surface area contributed by atoms with Gasteiger partial charge in [0, 0.05) is 17.6 Å². The minimum atomic E-state index is -0.255. The van der Waals surface area contributed by atoms with E-state index in [0.29, 0.717) is 41.0 Å². The lowest BCUT2D eigenvalue weighted by molar-refractivity contribution is -0.109. The number of aromatic nitrogens is 2. The molecule has 1 heterocycles. The molecular weight excluding hydrogens is 490 g/mol. The van der Waals surface area contributed by atoms with Crippen LogP contribution in [0.2, 0.25) is 0 Å². The summed E-state index contributed by atoms with van der Waals surface area (Å²) in [5, 5.41) is 15.6. The summed E-state index contributed by atoms with van der Waals surface area (Å²) in [6.07, 6.45) is 7.37. The van der Waals surface area contributed by atoms with Crippen LogP contribution in [0.15, 0.2) is 60.9 Å². The number of nitrogens with one attached hydrogen (secondary N) is 3. The molecule has 1 saturated carbocycles. The Balaban J connectivity index is 0.000000459. The summed E-state index contributed by atoms with van der Waals surface area (Å²) in [5.41, 5.74) is 13.0. The van der Waals surface area contributed by atoms with Crippen molar-refractivity contribution in [3.05, 3.63) is 72.1 Å². The molecule has 0 aliphatic heterocycles. The van der Waals surface area contributed by atoms with E-state index in [9.17, 15) is 4.79 Å². The summed E-state index contributed by atoms with van der Waals surface area (Å²) in [5.74, 6) is 2.92. The zero-order valence-electron chi connectivity index (χ0n) is 23.1. The molecule has 2 aromatic carbocycles. The van der Waals surface area contributed by atoms with Gasteiger partial charge < -0.3 is 31.6 Å². The Hall–Kier alpha value is -3.82. The van der Waals surface area contributed by atoms with Crippen LogP contribution in [-0.2, 0) is 4.79 Å². The zero-order chi connectivity index (χ0) is 28.2. The number of nitrogens with two attached hydrogens (primary N) is 2. The van der Waals surface area contributed by atoms with Crippen molar-refractivity contribution in [3.63, 3.8) is 0 Å². The number of nitrogen functional groups attached to an aromatic ring is 1. The lowest BCUT2D eigenvalue weighted by Crippen LogP contribution is -2.35. The van der Waals surface area contributed by atoms with Crippen LogP contribution >= 0.6 is 0 Å². The van der Waals surface area contributed by atoms with Gasteiger partial charge in [-0.1, -0.05) is 32.0 Å². The molecule has 7 N–H and O–H groups in total. The predicted molar refractivity (Wildman–Crippen MR) is 158 cm³/mol. The van der Waals surface area contributed by atoms with Gasteiger partial charge in [-0.25, -0.2) is 9.97 Å². The van der Waals surface area contributed by atoms with Crippen molar-refractivity contribution in [1.82, 2.24) is 15.3 Å². The lowest BCUT2D eigenvalue weighted by Gasteiger charge is -2.29. The maximum absolute atomic E-state index is 9.92. The summed E-state index contributed by atoms with van der Waals surface area (Å²) in [4.78, 5) is 18.5.